The first kappa shape index (κ1) is 16.5. The molecule has 0 amide bonds. The van der Waals surface area contributed by atoms with E-state index in [-0.39, 0.29) is 11.8 Å². The minimum atomic E-state index is 0.0384. The van der Waals surface area contributed by atoms with E-state index in [2.05, 4.69) is 41.2 Å². The van der Waals surface area contributed by atoms with Crippen LogP contribution < -0.4 is 4.74 Å². The zero-order valence-electron chi connectivity index (χ0n) is 14.5. The second-order valence-electron chi connectivity index (χ2n) is 6.12. The molecule has 0 spiro atoms. The molecule has 4 rings (SSSR count). The van der Waals surface area contributed by atoms with Crippen LogP contribution in [0.25, 0.3) is 21.5 Å². The topological polar surface area (TPSA) is 55.2 Å². The third-order valence-corrected chi connectivity index (χ3v) is 5.73. The number of thiazole rings is 1. The van der Waals surface area contributed by atoms with Crippen molar-refractivity contribution in [3.8, 4) is 22.3 Å². The Morgan fingerprint density at radius 1 is 1.04 bits per heavy atom. The molecule has 0 saturated heterocycles. The SMILES string of the molecule is COc1ccc2cc(C(C)c3sc(-c4ccccn4)nc3O)ccc2c1. The highest BCUT2D eigenvalue weighted by atomic mass is 32.1. The molecule has 0 fully saturated rings. The molecular weight excluding hydrogens is 344 g/mol. The van der Waals surface area contributed by atoms with Crippen molar-refractivity contribution in [2.75, 3.05) is 7.11 Å². The number of aromatic hydroxyl groups is 1. The molecule has 0 radical (unpaired) electrons. The Bertz CT molecular complexity index is 1060. The van der Waals surface area contributed by atoms with Crippen LogP contribution in [-0.4, -0.2) is 22.2 Å². The van der Waals surface area contributed by atoms with Crippen LogP contribution in [0, 0.1) is 0 Å². The van der Waals surface area contributed by atoms with Crippen molar-refractivity contribution < 1.29 is 9.84 Å². The van der Waals surface area contributed by atoms with Crippen molar-refractivity contribution in [1.82, 2.24) is 9.97 Å². The first-order valence-corrected chi connectivity index (χ1v) is 9.16. The van der Waals surface area contributed by atoms with Gasteiger partial charge in [-0.3, -0.25) is 4.98 Å². The molecule has 1 unspecified atom stereocenters. The molecule has 2 aromatic heterocycles. The normalized spacial score (nSPS) is 12.2. The fraction of sp³-hybridized carbons (Fsp3) is 0.143. The van der Waals surface area contributed by atoms with Crippen molar-refractivity contribution in [1.29, 1.82) is 0 Å². The third-order valence-electron chi connectivity index (χ3n) is 4.48. The van der Waals surface area contributed by atoms with Gasteiger partial charge in [0, 0.05) is 12.1 Å². The van der Waals surface area contributed by atoms with Crippen molar-refractivity contribution in [2.45, 2.75) is 12.8 Å². The van der Waals surface area contributed by atoms with Crippen LogP contribution in [0.2, 0.25) is 0 Å². The Morgan fingerprint density at radius 3 is 2.62 bits per heavy atom. The summed E-state index contributed by atoms with van der Waals surface area (Å²) in [5.41, 5.74) is 1.91. The van der Waals surface area contributed by atoms with Gasteiger partial charge in [0.25, 0.3) is 0 Å². The van der Waals surface area contributed by atoms with Crippen LogP contribution in [0.5, 0.6) is 11.6 Å². The van der Waals surface area contributed by atoms with E-state index < -0.39 is 0 Å². The van der Waals surface area contributed by atoms with Crippen molar-refractivity contribution in [3.05, 3.63) is 71.2 Å². The zero-order chi connectivity index (χ0) is 18.1. The van der Waals surface area contributed by atoms with Gasteiger partial charge in [-0.2, -0.15) is 4.98 Å². The number of benzene rings is 2. The second kappa shape index (κ2) is 6.77. The molecule has 130 valence electrons. The Balaban J connectivity index is 1.70. The Morgan fingerprint density at radius 2 is 1.85 bits per heavy atom. The van der Waals surface area contributed by atoms with Gasteiger partial charge >= 0.3 is 0 Å². The zero-order valence-corrected chi connectivity index (χ0v) is 15.3. The number of fused-ring (bicyclic) bond motifs is 1. The molecule has 0 saturated carbocycles. The number of ether oxygens (including phenoxy) is 1. The second-order valence-corrected chi connectivity index (χ2v) is 7.15. The van der Waals surface area contributed by atoms with Gasteiger partial charge in [-0.15, -0.1) is 11.3 Å². The van der Waals surface area contributed by atoms with Crippen LogP contribution in [0.15, 0.2) is 60.8 Å². The summed E-state index contributed by atoms with van der Waals surface area (Å²) in [5.74, 6) is 0.966. The summed E-state index contributed by atoms with van der Waals surface area (Å²) >= 11 is 1.48. The standard InChI is InChI=1S/C21H18N2O2S/c1-13(14-6-7-16-12-17(25-2)9-8-15(16)11-14)19-20(24)23-21(26-19)18-5-3-4-10-22-18/h3-13,24H,1-2H3. The maximum absolute atomic E-state index is 10.4. The smallest absolute Gasteiger partial charge is 0.226 e. The van der Waals surface area contributed by atoms with E-state index in [4.69, 9.17) is 4.74 Å². The average molecular weight is 362 g/mol. The summed E-state index contributed by atoms with van der Waals surface area (Å²) in [7, 11) is 1.67. The van der Waals surface area contributed by atoms with Crippen molar-refractivity contribution in [3.63, 3.8) is 0 Å². The molecule has 1 N–H and O–H groups in total. The van der Waals surface area contributed by atoms with Gasteiger partial charge in [-0.05, 0) is 40.6 Å². The van der Waals surface area contributed by atoms with Crippen LogP contribution in [0.1, 0.15) is 23.3 Å². The highest BCUT2D eigenvalue weighted by molar-refractivity contribution is 7.15. The lowest BCUT2D eigenvalue weighted by atomic mass is 9.96. The van der Waals surface area contributed by atoms with Crippen LogP contribution in [0.3, 0.4) is 0 Å². The minimum Gasteiger partial charge on any atom is -0.497 e. The Labute approximate surface area is 155 Å². The third kappa shape index (κ3) is 3.02. The fourth-order valence-corrected chi connectivity index (χ4v) is 4.01. The summed E-state index contributed by atoms with van der Waals surface area (Å²) in [4.78, 5) is 9.47. The fourth-order valence-electron chi connectivity index (χ4n) is 2.99. The molecular formula is C21H18N2O2S. The van der Waals surface area contributed by atoms with E-state index >= 15 is 0 Å². The monoisotopic (exact) mass is 362 g/mol. The highest BCUT2D eigenvalue weighted by Crippen LogP contribution is 2.39. The number of nitrogens with zero attached hydrogens (tertiary/aromatic N) is 2. The van der Waals surface area contributed by atoms with Gasteiger partial charge in [-0.1, -0.05) is 37.3 Å². The van der Waals surface area contributed by atoms with E-state index in [1.165, 1.54) is 11.3 Å². The number of hydrogen-bond acceptors (Lipinski definition) is 5. The predicted molar refractivity (Wildman–Crippen MR) is 105 cm³/mol. The molecule has 1 atom stereocenters. The summed E-state index contributed by atoms with van der Waals surface area (Å²) in [6, 6.07) is 18.0. The average Bonchev–Trinajstić information content (AvgIpc) is 3.09. The van der Waals surface area contributed by atoms with Gasteiger partial charge in [-0.25, -0.2) is 0 Å². The molecule has 2 aromatic carbocycles. The van der Waals surface area contributed by atoms with Crippen LogP contribution >= 0.6 is 11.3 Å². The summed E-state index contributed by atoms with van der Waals surface area (Å²) in [5, 5.41) is 13.4. The first-order valence-electron chi connectivity index (χ1n) is 8.34. The first-order chi connectivity index (χ1) is 12.7. The van der Waals surface area contributed by atoms with E-state index in [1.807, 2.05) is 30.3 Å². The summed E-state index contributed by atoms with van der Waals surface area (Å²) in [6.45, 7) is 2.08. The summed E-state index contributed by atoms with van der Waals surface area (Å²) < 4.78 is 5.28. The Kier molecular flexibility index (Phi) is 4.31. The molecule has 4 aromatic rings. The number of rotatable bonds is 4. The molecule has 2 heterocycles. The number of pyridine rings is 1. The number of aromatic nitrogens is 2. The van der Waals surface area contributed by atoms with Crippen molar-refractivity contribution in [2.24, 2.45) is 0 Å². The Hall–Kier alpha value is -2.92. The maximum Gasteiger partial charge on any atom is 0.226 e. The van der Waals surface area contributed by atoms with Gasteiger partial charge in [0.15, 0.2) is 0 Å². The van der Waals surface area contributed by atoms with Gasteiger partial charge in [0.05, 0.1) is 17.7 Å². The van der Waals surface area contributed by atoms with Gasteiger partial charge in [0.2, 0.25) is 5.88 Å². The summed E-state index contributed by atoms with van der Waals surface area (Å²) in [6.07, 6.45) is 1.73. The molecule has 4 nitrogen and oxygen atoms in total. The molecule has 26 heavy (non-hydrogen) atoms. The molecule has 0 aliphatic rings. The lowest BCUT2D eigenvalue weighted by molar-refractivity contribution is 0.415. The number of hydrogen-bond donors (Lipinski definition) is 1. The quantitative estimate of drug-likeness (QED) is 0.540. The lowest BCUT2D eigenvalue weighted by Gasteiger charge is -2.11. The van der Waals surface area contributed by atoms with Crippen LogP contribution in [-0.2, 0) is 0 Å². The molecule has 5 heteroatoms. The molecule has 0 aliphatic heterocycles. The largest absolute Gasteiger partial charge is 0.497 e. The lowest BCUT2D eigenvalue weighted by Crippen LogP contribution is -1.94. The van der Waals surface area contributed by atoms with E-state index in [1.54, 1.807) is 13.3 Å². The predicted octanol–water partition coefficient (Wildman–Crippen LogP) is 5.22. The van der Waals surface area contributed by atoms with E-state index in [0.29, 0.717) is 0 Å². The minimum absolute atomic E-state index is 0.0384. The van der Waals surface area contributed by atoms with Crippen molar-refractivity contribution >= 4 is 22.1 Å². The molecule has 0 aliphatic carbocycles. The van der Waals surface area contributed by atoms with Crippen LogP contribution in [0.4, 0.5) is 0 Å². The van der Waals surface area contributed by atoms with E-state index in [9.17, 15) is 5.11 Å². The maximum atomic E-state index is 10.4. The van der Waals surface area contributed by atoms with Gasteiger partial charge < -0.3 is 9.84 Å². The number of methoxy groups -OCH3 is 1. The van der Waals surface area contributed by atoms with Gasteiger partial charge in [0.1, 0.15) is 10.8 Å². The molecule has 0 bridgehead atoms. The highest BCUT2D eigenvalue weighted by Gasteiger charge is 2.19. The van der Waals surface area contributed by atoms with E-state index in [0.717, 1.165) is 37.7 Å².